The van der Waals surface area contributed by atoms with Crippen molar-refractivity contribution in [2.45, 2.75) is 71.6 Å². The fourth-order valence-corrected chi connectivity index (χ4v) is 14.2. The number of phenolic OH excluding ortho intramolecular Hbond substituents is 2. The largest absolute Gasteiger partial charge is 0.508 e. The number of hydrogen-bond acceptors (Lipinski definition) is 15. The molecule has 6 N–H and O–H groups in total. The first-order valence-electron chi connectivity index (χ1n) is 37.4. The highest BCUT2D eigenvalue weighted by Gasteiger charge is 2.24. The molecule has 0 amide bonds. The third-order valence-electron chi connectivity index (χ3n) is 19.3. The number of thiophene rings is 1. The number of halogens is 2. The lowest BCUT2D eigenvalue weighted by atomic mass is 10.1. The highest BCUT2D eigenvalue weighted by Crippen LogP contribution is 2.35. The van der Waals surface area contributed by atoms with Crippen molar-refractivity contribution >= 4 is 33.9 Å². The average molecular weight is 1530 g/mol. The van der Waals surface area contributed by atoms with Crippen LogP contribution in [0.25, 0.3) is 67.6 Å². The normalized spacial score (nSPS) is 11.2. The highest BCUT2D eigenvalue weighted by atomic mass is 32.1. The molecule has 0 saturated carbocycles. The van der Waals surface area contributed by atoms with Crippen molar-refractivity contribution in [3.05, 3.63) is 381 Å². The molecule has 0 atom stereocenters. The number of aryl methyl sites for hydroxylation is 2. The Kier molecular flexibility index (Phi) is 22.7. The molecule has 0 fully saturated rings. The maximum atomic E-state index is 13.9. The van der Waals surface area contributed by atoms with E-state index in [1.54, 1.807) is 73.3 Å². The van der Waals surface area contributed by atoms with Crippen LogP contribution in [0.4, 0.5) is 8.78 Å². The molecule has 0 spiro atoms. The Labute approximate surface area is 659 Å². The molecule has 0 saturated heterocycles. The zero-order chi connectivity index (χ0) is 78.6. The van der Waals surface area contributed by atoms with E-state index < -0.39 is 11.6 Å². The van der Waals surface area contributed by atoms with Gasteiger partial charge in [0.1, 0.15) is 34.3 Å². The molecular weight excluding hydrogens is 1450 g/mol. The molecular formula is C93H78F2N12O6S. The van der Waals surface area contributed by atoms with Crippen molar-refractivity contribution in [3.8, 4) is 80.0 Å². The predicted molar refractivity (Wildman–Crippen MR) is 440 cm³/mol. The number of phenols is 2. The zero-order valence-corrected chi connectivity index (χ0v) is 63.1. The van der Waals surface area contributed by atoms with E-state index >= 15 is 0 Å². The summed E-state index contributed by atoms with van der Waals surface area (Å²) in [5, 5.41) is 64.2. The van der Waals surface area contributed by atoms with Crippen molar-refractivity contribution in [1.82, 2.24) is 57.5 Å². The summed E-state index contributed by atoms with van der Waals surface area (Å²) in [6, 6.07) is 81.5. The highest BCUT2D eigenvalue weighted by molar-refractivity contribution is 7.09. The molecule has 114 heavy (non-hydrogen) atoms. The van der Waals surface area contributed by atoms with Crippen LogP contribution in [-0.2, 0) is 51.4 Å². The van der Waals surface area contributed by atoms with Crippen molar-refractivity contribution < 1.29 is 39.4 Å². The number of rotatable bonds is 19. The average Bonchev–Trinajstić information content (AvgIpc) is 1.62. The van der Waals surface area contributed by atoms with Crippen LogP contribution >= 0.6 is 11.3 Å². The molecule has 0 unspecified atom stereocenters. The van der Waals surface area contributed by atoms with Gasteiger partial charge in [0.2, 0.25) is 23.5 Å². The Morgan fingerprint density at radius 2 is 0.605 bits per heavy atom. The number of aromatic hydroxyl groups is 6. The number of fused-ring (bicyclic) bond motifs is 4. The van der Waals surface area contributed by atoms with Gasteiger partial charge in [-0.15, -0.1) is 11.3 Å². The smallest absolute Gasteiger partial charge is 0.219 e. The summed E-state index contributed by atoms with van der Waals surface area (Å²) in [4.78, 5) is 39.1. The van der Waals surface area contributed by atoms with E-state index in [-0.39, 0.29) is 35.0 Å². The first kappa shape index (κ1) is 75.2. The van der Waals surface area contributed by atoms with Crippen molar-refractivity contribution in [1.29, 1.82) is 0 Å². The third kappa shape index (κ3) is 17.2. The SMILES string of the molecule is CCCc1nc2c(Cc3ccccc3)nc(-c3ccccc3)cn2c1O.CCc1nc2c(Cc3ccccc3)nc(-c3ccccc3)cn2c1O.Oc1ccc(-c2cn3c(O)c(Cc4cccs4)nc3c(Cc3ccccc3)n2)cc1.Oc1ccc(Cc2nc3c(Cc4ccccc4)nc(-c4ccc(F)c(F)c4)cn3c2O)cc1. The molecule has 0 aliphatic carbocycles. The second-order valence-corrected chi connectivity index (χ2v) is 28.4. The summed E-state index contributed by atoms with van der Waals surface area (Å²) in [6.07, 6.45) is 12.8. The molecule has 9 aromatic heterocycles. The van der Waals surface area contributed by atoms with Crippen LogP contribution in [0, 0.1) is 11.6 Å². The van der Waals surface area contributed by atoms with Gasteiger partial charge in [0.05, 0.1) is 45.6 Å². The van der Waals surface area contributed by atoms with Gasteiger partial charge in [0.25, 0.3) is 0 Å². The lowest BCUT2D eigenvalue weighted by molar-refractivity contribution is 0.440. The Balaban J connectivity index is 0.000000120. The summed E-state index contributed by atoms with van der Waals surface area (Å²) in [5.41, 5.74) is 19.6. The van der Waals surface area contributed by atoms with Gasteiger partial charge in [-0.25, -0.2) is 48.7 Å². The minimum Gasteiger partial charge on any atom is -0.508 e. The van der Waals surface area contributed by atoms with Crippen LogP contribution in [0.2, 0.25) is 0 Å². The minimum absolute atomic E-state index is 0.0568. The molecule has 21 heteroatoms. The molecule has 9 heterocycles. The van der Waals surface area contributed by atoms with E-state index in [9.17, 15) is 39.4 Å². The molecule has 0 bridgehead atoms. The van der Waals surface area contributed by atoms with Gasteiger partial charge in [0.15, 0.2) is 34.2 Å². The first-order valence-corrected chi connectivity index (χ1v) is 38.3. The molecule has 18 nitrogen and oxygen atoms in total. The van der Waals surface area contributed by atoms with Crippen LogP contribution in [0.3, 0.4) is 0 Å². The van der Waals surface area contributed by atoms with Gasteiger partial charge in [-0.2, -0.15) is 0 Å². The van der Waals surface area contributed by atoms with E-state index in [2.05, 4.69) is 58.3 Å². The lowest BCUT2D eigenvalue weighted by Gasteiger charge is -2.09. The Morgan fingerprint density at radius 3 is 0.982 bits per heavy atom. The summed E-state index contributed by atoms with van der Waals surface area (Å²) in [5.74, 6) is -1.06. The van der Waals surface area contributed by atoms with Gasteiger partial charge in [-0.1, -0.05) is 220 Å². The standard InChI is InChI=1S/C26H19F2N3O2.C24H19N3O2S.C22H21N3O.C21H19N3O/c27-20-11-8-18(14-21(20)28)24-15-31-25(22(29-24)12-16-4-2-1-3-5-16)30-23(26(31)33)13-17-6-9-19(32)10-7-17;28-18-10-8-17(9-11-18)22-15-27-23(20(25-22)13-16-5-2-1-3-6-16)26-21(24(27)29)14-19-7-4-12-30-19;1-2-9-18-22(26)25-15-20(17-12-7-4-8-13-17)23-19(21(25)24-18)14-16-10-5-3-6-11-16;1-2-17-21(25)24-14-19(16-11-7-4-8-12-16)22-18(20(24)23-17)13-15-9-5-3-6-10-15/h1-11,14-15,32-33H,12-13H2;1-12,15,28-29H,13-14H2;3-8,10-13,15,26H,2,9,14H2,1H3;3-12,14,25H,2,13H2,1H3. The van der Waals surface area contributed by atoms with Crippen molar-refractivity contribution in [2.24, 2.45) is 0 Å². The van der Waals surface area contributed by atoms with E-state index in [1.165, 1.54) is 21.6 Å². The molecule has 0 aliphatic heterocycles. The molecule has 0 aliphatic rings. The van der Waals surface area contributed by atoms with Crippen LogP contribution in [-0.4, -0.2) is 88.1 Å². The number of aromatic nitrogens is 12. The maximum Gasteiger partial charge on any atom is 0.219 e. The summed E-state index contributed by atoms with van der Waals surface area (Å²) >= 11 is 1.64. The van der Waals surface area contributed by atoms with E-state index in [4.69, 9.17) is 24.9 Å². The second kappa shape index (κ2) is 34.4. The van der Waals surface area contributed by atoms with Crippen LogP contribution < -0.4 is 0 Å². The molecule has 18 aromatic rings. The molecule has 0 radical (unpaired) electrons. The summed E-state index contributed by atoms with van der Waals surface area (Å²) in [7, 11) is 0. The summed E-state index contributed by atoms with van der Waals surface area (Å²) < 4.78 is 34.1. The summed E-state index contributed by atoms with van der Waals surface area (Å²) in [6.45, 7) is 4.08. The first-order chi connectivity index (χ1) is 55.7. The number of nitrogens with zero attached hydrogens (tertiary/aromatic N) is 12. The van der Waals surface area contributed by atoms with Crippen LogP contribution in [0.1, 0.15) is 98.5 Å². The number of benzene rings is 9. The van der Waals surface area contributed by atoms with Crippen molar-refractivity contribution in [2.75, 3.05) is 0 Å². The van der Waals surface area contributed by atoms with E-state index in [1.807, 2.05) is 195 Å². The molecule has 9 aromatic carbocycles. The Bertz CT molecular complexity index is 6320. The van der Waals surface area contributed by atoms with Crippen LogP contribution in [0.5, 0.6) is 35.0 Å². The van der Waals surface area contributed by atoms with Gasteiger partial charge in [0, 0.05) is 90.4 Å². The van der Waals surface area contributed by atoms with Gasteiger partial charge >= 0.3 is 0 Å². The van der Waals surface area contributed by atoms with Gasteiger partial charge < -0.3 is 30.6 Å². The van der Waals surface area contributed by atoms with Crippen molar-refractivity contribution in [3.63, 3.8) is 0 Å². The maximum absolute atomic E-state index is 13.9. The predicted octanol–water partition coefficient (Wildman–Crippen LogP) is 19.2. The minimum atomic E-state index is -0.970. The Hall–Kier alpha value is -14.2. The lowest BCUT2D eigenvalue weighted by Crippen LogP contribution is -2.01. The second-order valence-electron chi connectivity index (χ2n) is 27.4. The number of hydrogen-bond donors (Lipinski definition) is 6. The van der Waals surface area contributed by atoms with Crippen LogP contribution in [0.15, 0.2) is 291 Å². The van der Waals surface area contributed by atoms with Gasteiger partial charge in [-0.05, 0) is 107 Å². The molecule has 18 rings (SSSR count). The number of imidazole rings is 4. The monoisotopic (exact) mass is 1530 g/mol. The fraction of sp³-hybridized carbons (Fsp3) is 0.118. The van der Waals surface area contributed by atoms with Gasteiger partial charge in [-0.3, -0.25) is 17.6 Å². The topological polar surface area (TPSA) is 242 Å². The molecule has 566 valence electrons. The fourth-order valence-electron chi connectivity index (χ4n) is 13.5. The third-order valence-corrected chi connectivity index (χ3v) is 20.2. The zero-order valence-electron chi connectivity index (χ0n) is 62.3. The Morgan fingerprint density at radius 1 is 0.289 bits per heavy atom. The quantitative estimate of drug-likeness (QED) is 0.0441. The van der Waals surface area contributed by atoms with E-state index in [0.717, 1.165) is 109 Å². The van der Waals surface area contributed by atoms with E-state index in [0.29, 0.717) is 96.0 Å².